The van der Waals surface area contributed by atoms with Crippen LogP contribution in [0.25, 0.3) is 0 Å². The van der Waals surface area contributed by atoms with Gasteiger partial charge in [-0.3, -0.25) is 0 Å². The highest BCUT2D eigenvalue weighted by Crippen LogP contribution is 2.20. The zero-order chi connectivity index (χ0) is 11.3. The molecule has 1 N–H and O–H groups in total. The Bertz CT molecular complexity index is 173. The van der Waals surface area contributed by atoms with E-state index in [1.165, 1.54) is 12.8 Å². The maximum absolute atomic E-state index is 5.61. The standard InChI is InChI=1S/C12H25NOS/c1-10(8-13-12(2,3)4)15-9-11-6-5-7-14-11/h10-11,13H,5-9H2,1-4H3. The van der Waals surface area contributed by atoms with Crippen molar-refractivity contribution in [2.75, 3.05) is 18.9 Å². The van der Waals surface area contributed by atoms with Gasteiger partial charge in [0.05, 0.1) is 6.10 Å². The largest absolute Gasteiger partial charge is 0.377 e. The van der Waals surface area contributed by atoms with Gasteiger partial charge < -0.3 is 10.1 Å². The lowest BCUT2D eigenvalue weighted by atomic mass is 10.1. The molecule has 0 aromatic rings. The van der Waals surface area contributed by atoms with E-state index < -0.39 is 0 Å². The van der Waals surface area contributed by atoms with Gasteiger partial charge in [-0.15, -0.1) is 0 Å². The maximum atomic E-state index is 5.61. The second-order valence-corrected chi connectivity index (χ2v) is 6.88. The van der Waals surface area contributed by atoms with Gasteiger partial charge in [0, 0.05) is 29.7 Å². The molecule has 0 aliphatic carbocycles. The molecule has 0 saturated carbocycles. The summed E-state index contributed by atoms with van der Waals surface area (Å²) in [7, 11) is 0. The van der Waals surface area contributed by atoms with Crippen LogP contribution in [0.1, 0.15) is 40.5 Å². The highest BCUT2D eigenvalue weighted by atomic mass is 32.2. The van der Waals surface area contributed by atoms with Crippen molar-refractivity contribution in [3.63, 3.8) is 0 Å². The normalized spacial score (nSPS) is 24.4. The van der Waals surface area contributed by atoms with Gasteiger partial charge in [-0.2, -0.15) is 11.8 Å². The molecule has 0 aromatic carbocycles. The van der Waals surface area contributed by atoms with Gasteiger partial charge in [0.2, 0.25) is 0 Å². The molecular formula is C12H25NOS. The van der Waals surface area contributed by atoms with E-state index in [1.807, 2.05) is 11.8 Å². The van der Waals surface area contributed by atoms with Gasteiger partial charge in [-0.1, -0.05) is 6.92 Å². The Kier molecular flexibility index (Phi) is 5.44. The van der Waals surface area contributed by atoms with E-state index in [1.54, 1.807) is 0 Å². The molecule has 2 atom stereocenters. The third-order valence-corrected chi connectivity index (χ3v) is 3.81. The SMILES string of the molecule is CC(CNC(C)(C)C)SCC1CCCO1. The van der Waals surface area contributed by atoms with E-state index in [-0.39, 0.29) is 5.54 Å². The highest BCUT2D eigenvalue weighted by Gasteiger charge is 2.17. The average Bonchev–Trinajstić information content (AvgIpc) is 2.62. The van der Waals surface area contributed by atoms with Crippen molar-refractivity contribution in [1.82, 2.24) is 5.32 Å². The lowest BCUT2D eigenvalue weighted by molar-refractivity contribution is 0.129. The van der Waals surface area contributed by atoms with Gasteiger partial charge >= 0.3 is 0 Å². The van der Waals surface area contributed by atoms with Crippen LogP contribution in [-0.4, -0.2) is 35.8 Å². The molecule has 0 amide bonds. The van der Waals surface area contributed by atoms with Crippen molar-refractivity contribution < 1.29 is 4.74 Å². The minimum absolute atomic E-state index is 0.235. The van der Waals surface area contributed by atoms with Crippen LogP contribution in [0.3, 0.4) is 0 Å². The second-order valence-electron chi connectivity index (χ2n) is 5.41. The summed E-state index contributed by atoms with van der Waals surface area (Å²) in [4.78, 5) is 0. The van der Waals surface area contributed by atoms with E-state index >= 15 is 0 Å². The summed E-state index contributed by atoms with van der Waals surface area (Å²) < 4.78 is 5.61. The smallest absolute Gasteiger partial charge is 0.0666 e. The van der Waals surface area contributed by atoms with E-state index in [2.05, 4.69) is 33.0 Å². The summed E-state index contributed by atoms with van der Waals surface area (Å²) in [6, 6.07) is 0. The lowest BCUT2D eigenvalue weighted by Gasteiger charge is -2.23. The molecular weight excluding hydrogens is 206 g/mol. The molecule has 1 aliphatic heterocycles. The van der Waals surface area contributed by atoms with Gasteiger partial charge in [-0.25, -0.2) is 0 Å². The van der Waals surface area contributed by atoms with Gasteiger partial charge in [0.25, 0.3) is 0 Å². The summed E-state index contributed by atoms with van der Waals surface area (Å²) in [5, 5.41) is 4.21. The summed E-state index contributed by atoms with van der Waals surface area (Å²) in [6.45, 7) is 11.0. The average molecular weight is 231 g/mol. The first kappa shape index (κ1) is 13.3. The summed E-state index contributed by atoms with van der Waals surface area (Å²) in [5.41, 5.74) is 0.235. The van der Waals surface area contributed by atoms with Gasteiger partial charge in [-0.05, 0) is 33.6 Å². The predicted octanol–water partition coefficient (Wildman–Crippen LogP) is 2.68. The van der Waals surface area contributed by atoms with Crippen LogP contribution in [0, 0.1) is 0 Å². The molecule has 3 heteroatoms. The molecule has 2 nitrogen and oxygen atoms in total. The molecule has 1 saturated heterocycles. The summed E-state index contributed by atoms with van der Waals surface area (Å²) in [6.07, 6.45) is 3.03. The Balaban J connectivity index is 2.05. The second kappa shape index (κ2) is 6.12. The maximum Gasteiger partial charge on any atom is 0.0666 e. The fourth-order valence-corrected chi connectivity index (χ4v) is 2.56. The van der Waals surface area contributed by atoms with E-state index in [0.717, 1.165) is 18.9 Å². The molecule has 0 bridgehead atoms. The Morgan fingerprint density at radius 1 is 1.47 bits per heavy atom. The predicted molar refractivity (Wildman–Crippen MR) is 68.6 cm³/mol. The van der Waals surface area contributed by atoms with E-state index in [4.69, 9.17) is 4.74 Å². The quantitative estimate of drug-likeness (QED) is 0.786. The minimum Gasteiger partial charge on any atom is -0.377 e. The molecule has 2 unspecified atom stereocenters. The Morgan fingerprint density at radius 3 is 2.73 bits per heavy atom. The van der Waals surface area contributed by atoms with Crippen molar-refractivity contribution in [2.45, 2.75) is 57.4 Å². The van der Waals surface area contributed by atoms with Crippen LogP contribution in [-0.2, 0) is 4.74 Å². The lowest BCUT2D eigenvalue weighted by Crippen LogP contribution is -2.39. The van der Waals surface area contributed by atoms with Crippen LogP contribution in [0.4, 0.5) is 0 Å². The summed E-state index contributed by atoms with van der Waals surface area (Å²) >= 11 is 2.03. The molecule has 1 heterocycles. The van der Waals surface area contributed by atoms with Crippen molar-refractivity contribution in [2.24, 2.45) is 0 Å². The molecule has 1 aliphatic rings. The van der Waals surface area contributed by atoms with Crippen LogP contribution >= 0.6 is 11.8 Å². The van der Waals surface area contributed by atoms with Crippen molar-refractivity contribution in [1.29, 1.82) is 0 Å². The Morgan fingerprint density at radius 2 is 2.20 bits per heavy atom. The van der Waals surface area contributed by atoms with E-state index in [9.17, 15) is 0 Å². The Hall–Kier alpha value is 0.270. The zero-order valence-electron chi connectivity index (χ0n) is 10.5. The molecule has 90 valence electrons. The number of ether oxygens (including phenoxy) is 1. The third-order valence-electron chi connectivity index (χ3n) is 2.51. The third kappa shape index (κ3) is 6.44. The first-order chi connectivity index (χ1) is 6.97. The van der Waals surface area contributed by atoms with Crippen LogP contribution < -0.4 is 5.32 Å². The monoisotopic (exact) mass is 231 g/mol. The van der Waals surface area contributed by atoms with Gasteiger partial charge in [0.15, 0.2) is 0 Å². The fourth-order valence-electron chi connectivity index (χ4n) is 1.56. The highest BCUT2D eigenvalue weighted by molar-refractivity contribution is 7.99. The van der Waals surface area contributed by atoms with Crippen LogP contribution in [0.2, 0.25) is 0 Å². The molecule has 1 fully saturated rings. The first-order valence-corrected chi connectivity index (χ1v) is 7.00. The molecule has 1 rings (SSSR count). The number of thioether (sulfide) groups is 1. The number of hydrogen-bond donors (Lipinski definition) is 1. The Labute approximate surface area is 98.5 Å². The number of rotatable bonds is 5. The van der Waals surface area contributed by atoms with Gasteiger partial charge in [0.1, 0.15) is 0 Å². The molecule has 15 heavy (non-hydrogen) atoms. The van der Waals surface area contributed by atoms with E-state index in [0.29, 0.717) is 11.4 Å². The van der Waals surface area contributed by atoms with Crippen LogP contribution in [0.15, 0.2) is 0 Å². The van der Waals surface area contributed by atoms with Crippen molar-refractivity contribution >= 4 is 11.8 Å². The zero-order valence-corrected chi connectivity index (χ0v) is 11.3. The molecule has 0 radical (unpaired) electrons. The minimum atomic E-state index is 0.235. The summed E-state index contributed by atoms with van der Waals surface area (Å²) in [5.74, 6) is 1.16. The van der Waals surface area contributed by atoms with Crippen molar-refractivity contribution in [3.8, 4) is 0 Å². The van der Waals surface area contributed by atoms with Crippen LogP contribution in [0.5, 0.6) is 0 Å². The topological polar surface area (TPSA) is 21.3 Å². The molecule has 0 spiro atoms. The number of hydrogen-bond acceptors (Lipinski definition) is 3. The fraction of sp³-hybridized carbons (Fsp3) is 1.00. The number of nitrogens with one attached hydrogen (secondary N) is 1. The molecule has 0 aromatic heterocycles. The first-order valence-electron chi connectivity index (χ1n) is 5.95. The van der Waals surface area contributed by atoms with Crippen molar-refractivity contribution in [3.05, 3.63) is 0 Å².